The maximum atomic E-state index is 13.4. The van der Waals surface area contributed by atoms with Gasteiger partial charge in [0.15, 0.2) is 25.0 Å². The normalized spacial score (nSPS) is 50.6. The van der Waals surface area contributed by atoms with Gasteiger partial charge in [-0.25, -0.2) is 9.59 Å². The Bertz CT molecular complexity index is 2290. The molecule has 24 heteroatoms. The Morgan fingerprint density at radius 3 is 1.76 bits per heavy atom. The number of aliphatic carboxylic acids is 1. The van der Waals surface area contributed by atoms with E-state index in [-0.39, 0.29) is 24.7 Å². The monoisotopic (exact) mass is 1130 g/mol. The average molecular weight is 1130 g/mol. The third-order valence-electron chi connectivity index (χ3n) is 21.1. The van der Waals surface area contributed by atoms with Gasteiger partial charge in [0.1, 0.15) is 79.4 Å². The van der Waals surface area contributed by atoms with Gasteiger partial charge < -0.3 is 104 Å². The van der Waals surface area contributed by atoms with Crippen LogP contribution in [0.25, 0.3) is 0 Å². The summed E-state index contributed by atoms with van der Waals surface area (Å²) in [4.78, 5) is 39.5. The Morgan fingerprint density at radius 1 is 0.658 bits per heavy atom. The molecule has 4 unspecified atom stereocenters. The van der Waals surface area contributed by atoms with Crippen LogP contribution < -0.4 is 0 Å². The zero-order valence-corrected chi connectivity index (χ0v) is 46.4. The van der Waals surface area contributed by atoms with Crippen LogP contribution in [-0.2, 0) is 52.3 Å². The molecule has 0 aromatic rings. The van der Waals surface area contributed by atoms with Crippen molar-refractivity contribution in [2.24, 2.45) is 50.2 Å². The Hall–Kier alpha value is -2.83. The van der Waals surface area contributed by atoms with Gasteiger partial charge in [-0.15, -0.1) is 0 Å². The quantitative estimate of drug-likeness (QED) is 0.0415. The van der Waals surface area contributed by atoms with Crippen molar-refractivity contribution in [3.05, 3.63) is 23.3 Å². The molecule has 3 saturated heterocycles. The SMILES string of the molecule is CC=C(C)C(=O)O[C@H]1[C@H](OC(C)=O)[C@@]2(CO)C(CC1(C)C)C1=CCC3[C@@]4(C)CCC(O[C@@H]5O[C@H](C(=O)O)[C@@H](O[C@@H]6O[C@H](CO)[C@@H](O)[C@H](O)[C@H]6O)[C@H](O)[C@H]5O[C@@H]5O[C@H](CO)[C@@H](O)[C@H](O)[C@H]5O)[C@](C)(CO)C4CC[C@@]3(C)[C@]1(C)C[C@H]2O. The predicted molar refractivity (Wildman–Crippen MR) is 269 cm³/mol. The van der Waals surface area contributed by atoms with E-state index >= 15 is 0 Å². The van der Waals surface area contributed by atoms with Crippen molar-refractivity contribution in [2.45, 2.75) is 224 Å². The number of allylic oxidation sites excluding steroid dienone is 3. The fourth-order valence-electron chi connectivity index (χ4n) is 16.2. The van der Waals surface area contributed by atoms with Crippen LogP contribution in [0.15, 0.2) is 23.3 Å². The molecule has 4 saturated carbocycles. The molecule has 79 heavy (non-hydrogen) atoms. The van der Waals surface area contributed by atoms with Crippen LogP contribution in [0.2, 0.25) is 0 Å². The molecule has 0 aromatic carbocycles. The first-order valence-corrected chi connectivity index (χ1v) is 27.7. The molecule has 24 nitrogen and oxygen atoms in total. The number of carboxylic acids is 1. The molecule has 3 aliphatic heterocycles. The van der Waals surface area contributed by atoms with Gasteiger partial charge in [0.25, 0.3) is 0 Å². The summed E-state index contributed by atoms with van der Waals surface area (Å²) in [5.74, 6) is -3.88. The molecule has 8 rings (SSSR count). The highest BCUT2D eigenvalue weighted by Crippen LogP contribution is 2.76. The maximum Gasteiger partial charge on any atom is 0.335 e. The van der Waals surface area contributed by atoms with Gasteiger partial charge in [0, 0.05) is 23.3 Å². The summed E-state index contributed by atoms with van der Waals surface area (Å²) in [6.07, 6.45) is -26.5. The van der Waals surface area contributed by atoms with Crippen LogP contribution in [0.1, 0.15) is 107 Å². The second-order valence-corrected chi connectivity index (χ2v) is 25.5. The molecule has 5 aliphatic carbocycles. The molecule has 0 bridgehead atoms. The van der Waals surface area contributed by atoms with Crippen LogP contribution in [-0.4, -0.2) is 227 Å². The first-order chi connectivity index (χ1) is 36.9. The minimum Gasteiger partial charge on any atom is -0.479 e. The molecule has 0 radical (unpaired) electrons. The lowest BCUT2D eigenvalue weighted by Crippen LogP contribution is -2.72. The van der Waals surface area contributed by atoms with Gasteiger partial charge in [-0.2, -0.15) is 0 Å². The van der Waals surface area contributed by atoms with E-state index in [2.05, 4.69) is 26.8 Å². The van der Waals surface area contributed by atoms with Crippen molar-refractivity contribution in [1.29, 1.82) is 0 Å². The number of hydrogen-bond acceptors (Lipinski definition) is 23. The number of rotatable bonds is 14. The van der Waals surface area contributed by atoms with E-state index in [9.17, 15) is 80.8 Å². The maximum absolute atomic E-state index is 13.4. The highest BCUT2D eigenvalue weighted by atomic mass is 16.8. The second-order valence-electron chi connectivity index (χ2n) is 25.5. The number of aliphatic hydroxyl groups is 12. The van der Waals surface area contributed by atoms with Crippen molar-refractivity contribution >= 4 is 17.9 Å². The highest BCUT2D eigenvalue weighted by Gasteiger charge is 2.74. The van der Waals surface area contributed by atoms with Gasteiger partial charge in [0.05, 0.1) is 44.1 Å². The second kappa shape index (κ2) is 22.6. The Balaban J connectivity index is 1.12. The minimum absolute atomic E-state index is 0.0849. The molecule has 13 N–H and O–H groups in total. The molecule has 0 spiro atoms. The van der Waals surface area contributed by atoms with Crippen molar-refractivity contribution < 1.29 is 119 Å². The Morgan fingerprint density at radius 2 is 1.24 bits per heavy atom. The number of ether oxygens (including phenoxy) is 8. The number of carbonyl (C=O) groups is 3. The molecular formula is C55H86O24. The van der Waals surface area contributed by atoms with Crippen molar-refractivity contribution in [3.63, 3.8) is 0 Å². The summed E-state index contributed by atoms with van der Waals surface area (Å²) in [5, 5.41) is 143. The number of carbonyl (C=O) groups excluding carboxylic acids is 2. The Labute approximate surface area is 459 Å². The van der Waals surface area contributed by atoms with E-state index in [1.54, 1.807) is 19.9 Å². The zero-order chi connectivity index (χ0) is 58.4. The van der Waals surface area contributed by atoms with Crippen molar-refractivity contribution in [2.75, 3.05) is 26.4 Å². The fraction of sp³-hybridized carbons (Fsp3) is 0.873. The summed E-state index contributed by atoms with van der Waals surface area (Å²) in [7, 11) is 0. The van der Waals surface area contributed by atoms with Crippen LogP contribution >= 0.6 is 0 Å². The van der Waals surface area contributed by atoms with E-state index in [1.807, 2.05) is 20.8 Å². The molecule has 0 aromatic heterocycles. The van der Waals surface area contributed by atoms with Gasteiger partial charge in [-0.1, -0.05) is 59.3 Å². The van der Waals surface area contributed by atoms with Gasteiger partial charge >= 0.3 is 17.9 Å². The van der Waals surface area contributed by atoms with Crippen LogP contribution in [0.3, 0.4) is 0 Å². The lowest BCUT2D eigenvalue weighted by atomic mass is 9.33. The fourth-order valence-corrected chi connectivity index (χ4v) is 16.2. The smallest absolute Gasteiger partial charge is 0.335 e. The van der Waals surface area contributed by atoms with Crippen LogP contribution in [0.5, 0.6) is 0 Å². The number of aliphatic hydroxyl groups excluding tert-OH is 12. The molecule has 450 valence electrons. The number of carboxylic acid groups (broad SMARTS) is 1. The number of fused-ring (bicyclic) bond motifs is 7. The van der Waals surface area contributed by atoms with Gasteiger partial charge in [-0.3, -0.25) is 4.79 Å². The summed E-state index contributed by atoms with van der Waals surface area (Å²) >= 11 is 0. The minimum atomic E-state index is -2.18. The first kappa shape index (κ1) is 62.2. The molecule has 0 amide bonds. The lowest BCUT2D eigenvalue weighted by Gasteiger charge is -2.72. The van der Waals surface area contributed by atoms with Crippen LogP contribution in [0.4, 0.5) is 0 Å². The highest BCUT2D eigenvalue weighted by molar-refractivity contribution is 5.87. The number of hydrogen-bond donors (Lipinski definition) is 13. The van der Waals surface area contributed by atoms with E-state index in [4.69, 9.17) is 37.9 Å². The summed E-state index contributed by atoms with van der Waals surface area (Å²) in [6, 6.07) is 0. The topological polar surface area (TPSA) is 388 Å². The van der Waals surface area contributed by atoms with Gasteiger partial charge in [0.2, 0.25) is 0 Å². The molecule has 7 fully saturated rings. The van der Waals surface area contributed by atoms with E-state index in [1.165, 1.54) is 6.92 Å². The zero-order valence-electron chi connectivity index (χ0n) is 46.4. The largest absolute Gasteiger partial charge is 0.479 e. The lowest BCUT2D eigenvalue weighted by molar-refractivity contribution is -0.392. The van der Waals surface area contributed by atoms with E-state index in [0.29, 0.717) is 37.7 Å². The van der Waals surface area contributed by atoms with Gasteiger partial charge in [-0.05, 0) is 92.8 Å². The summed E-state index contributed by atoms with van der Waals surface area (Å²) in [6.45, 7) is 14.1. The standard InChI is InChI=1S/C55H86O24/c1-10-23(2)46(71)79-43-44(72-24(3)60)55(22-59)26(17-50(43,4)5)25-11-12-30-51(6)15-14-32(52(7,21-58)29(51)13-16-53(30,8)54(25,9)18-31(55)61)75-49-41(77-48-38(67)36(65)34(63)28(20-57)74-48)39(68)40(42(78-49)45(69)70)76-47-37(66)35(64)33(62)27(19-56)73-47/h10-11,26-44,47-49,56-59,61-68H,12-22H2,1-9H3,(H,69,70)/t26?,27-,28-,29?,30?,31-,32?,33-,34-,35+,36+,37-,38-,39+,40+,41-,42+,43+,44+,47+,48+,49-,51+,52-,53-,54-,55+/m1/s1. The molecular weight excluding hydrogens is 1040 g/mol. The summed E-state index contributed by atoms with van der Waals surface area (Å²) < 4.78 is 48.2. The molecule has 27 atom stereocenters. The third kappa shape index (κ3) is 9.94. The molecule has 3 heterocycles. The Kier molecular flexibility index (Phi) is 17.8. The van der Waals surface area contributed by atoms with E-state index < -0.39 is 199 Å². The summed E-state index contributed by atoms with van der Waals surface area (Å²) in [5.41, 5.74) is -3.78. The number of esters is 2. The van der Waals surface area contributed by atoms with E-state index in [0.717, 1.165) is 5.57 Å². The first-order valence-electron chi connectivity index (χ1n) is 27.7. The molecule has 8 aliphatic rings. The average Bonchev–Trinajstić information content (AvgIpc) is 3.25. The van der Waals surface area contributed by atoms with Crippen molar-refractivity contribution in [1.82, 2.24) is 0 Å². The predicted octanol–water partition coefficient (Wildman–Crippen LogP) is -1.32. The third-order valence-corrected chi connectivity index (χ3v) is 21.1. The van der Waals surface area contributed by atoms with Crippen molar-refractivity contribution in [3.8, 4) is 0 Å². The van der Waals surface area contributed by atoms with Crippen LogP contribution in [0, 0.1) is 50.2 Å².